The van der Waals surface area contributed by atoms with E-state index in [0.717, 1.165) is 22.5 Å². The number of nitrogens with two attached hydrogens (primary N) is 1. The second-order valence-electron chi connectivity index (χ2n) is 5.71. The SMILES string of the molecule is CC(=O)OCCN1C[C@H](N)N=C(c2ccccc2)c2ccccc21. The lowest BCUT2D eigenvalue weighted by atomic mass is 10.0. The molecule has 24 heavy (non-hydrogen) atoms. The van der Waals surface area contributed by atoms with Gasteiger partial charge in [-0.25, -0.2) is 0 Å². The largest absolute Gasteiger partial charge is 0.464 e. The van der Waals surface area contributed by atoms with Crippen molar-refractivity contribution >= 4 is 17.4 Å². The molecule has 0 amide bonds. The summed E-state index contributed by atoms with van der Waals surface area (Å²) in [5.74, 6) is -0.274. The number of para-hydroxylation sites is 1. The molecular weight excluding hydrogens is 302 g/mol. The lowest BCUT2D eigenvalue weighted by Crippen LogP contribution is -2.37. The van der Waals surface area contributed by atoms with Crippen molar-refractivity contribution in [2.75, 3.05) is 24.6 Å². The Morgan fingerprint density at radius 3 is 2.67 bits per heavy atom. The van der Waals surface area contributed by atoms with Crippen LogP contribution < -0.4 is 10.6 Å². The van der Waals surface area contributed by atoms with Gasteiger partial charge < -0.3 is 15.4 Å². The maximum Gasteiger partial charge on any atom is 0.302 e. The number of nitrogens with zero attached hydrogens (tertiary/aromatic N) is 2. The lowest BCUT2D eigenvalue weighted by molar-refractivity contribution is -0.140. The zero-order valence-corrected chi connectivity index (χ0v) is 13.7. The molecule has 3 rings (SSSR count). The minimum absolute atomic E-state index is 0.274. The molecular formula is C19H21N3O2. The summed E-state index contributed by atoms with van der Waals surface area (Å²) in [6.07, 6.45) is -0.343. The van der Waals surface area contributed by atoms with E-state index < -0.39 is 0 Å². The zero-order chi connectivity index (χ0) is 16.9. The molecule has 0 fully saturated rings. The smallest absolute Gasteiger partial charge is 0.302 e. The molecule has 0 aromatic heterocycles. The van der Waals surface area contributed by atoms with E-state index in [9.17, 15) is 4.79 Å². The molecule has 2 aromatic carbocycles. The topological polar surface area (TPSA) is 67.9 Å². The highest BCUT2D eigenvalue weighted by molar-refractivity contribution is 6.16. The first-order valence-corrected chi connectivity index (χ1v) is 8.01. The number of carbonyl (C=O) groups is 1. The molecule has 0 saturated heterocycles. The van der Waals surface area contributed by atoms with Crippen LogP contribution in [0.3, 0.4) is 0 Å². The number of hydrogen-bond acceptors (Lipinski definition) is 5. The first-order chi connectivity index (χ1) is 11.6. The standard InChI is InChI=1S/C19H21N3O2/c1-14(23)24-12-11-22-13-18(20)21-19(15-7-3-2-4-8-15)16-9-5-6-10-17(16)22/h2-10,18H,11-13,20H2,1H3/t18-/m1/s1. The molecule has 5 heteroatoms. The molecule has 0 radical (unpaired) electrons. The first kappa shape index (κ1) is 16.2. The van der Waals surface area contributed by atoms with Crippen LogP contribution in [0.25, 0.3) is 0 Å². The molecule has 0 spiro atoms. The molecule has 2 N–H and O–H groups in total. The fraction of sp³-hybridized carbons (Fsp3) is 0.263. The predicted molar refractivity (Wildman–Crippen MR) is 95.3 cm³/mol. The highest BCUT2D eigenvalue weighted by Crippen LogP contribution is 2.26. The van der Waals surface area contributed by atoms with Gasteiger partial charge in [-0.3, -0.25) is 9.79 Å². The third-order valence-corrected chi connectivity index (χ3v) is 3.92. The Bertz CT molecular complexity index is 743. The molecule has 1 atom stereocenters. The van der Waals surface area contributed by atoms with Gasteiger partial charge >= 0.3 is 5.97 Å². The fourth-order valence-corrected chi connectivity index (χ4v) is 2.89. The highest BCUT2D eigenvalue weighted by Gasteiger charge is 2.22. The van der Waals surface area contributed by atoms with Gasteiger partial charge in [-0.15, -0.1) is 0 Å². The van der Waals surface area contributed by atoms with Crippen molar-refractivity contribution in [1.29, 1.82) is 0 Å². The van der Waals surface area contributed by atoms with Gasteiger partial charge in [0.15, 0.2) is 0 Å². The number of fused-ring (bicyclic) bond motifs is 1. The van der Waals surface area contributed by atoms with E-state index in [1.807, 2.05) is 42.5 Å². The Balaban J connectivity index is 1.96. The average molecular weight is 323 g/mol. The number of hydrogen-bond donors (Lipinski definition) is 1. The quantitative estimate of drug-likeness (QED) is 0.876. The van der Waals surface area contributed by atoms with Gasteiger partial charge in [0, 0.05) is 23.7 Å². The van der Waals surface area contributed by atoms with E-state index in [1.165, 1.54) is 6.92 Å². The second-order valence-corrected chi connectivity index (χ2v) is 5.71. The van der Waals surface area contributed by atoms with E-state index in [4.69, 9.17) is 15.5 Å². The number of aliphatic imine (C=N–C) groups is 1. The Hall–Kier alpha value is -2.66. The Kier molecular flexibility index (Phi) is 4.91. The Morgan fingerprint density at radius 2 is 1.92 bits per heavy atom. The van der Waals surface area contributed by atoms with Gasteiger partial charge in [-0.05, 0) is 6.07 Å². The predicted octanol–water partition coefficient (Wildman–Crippen LogP) is 2.19. The van der Waals surface area contributed by atoms with Crippen LogP contribution in [0.15, 0.2) is 59.6 Å². The van der Waals surface area contributed by atoms with Crippen molar-refractivity contribution in [2.24, 2.45) is 10.7 Å². The summed E-state index contributed by atoms with van der Waals surface area (Å²) in [5.41, 5.74) is 10.3. The molecule has 0 aliphatic carbocycles. The van der Waals surface area contributed by atoms with Crippen LogP contribution in [-0.2, 0) is 9.53 Å². The van der Waals surface area contributed by atoms with Crippen LogP contribution >= 0.6 is 0 Å². The van der Waals surface area contributed by atoms with Crippen LogP contribution in [0, 0.1) is 0 Å². The zero-order valence-electron chi connectivity index (χ0n) is 13.7. The molecule has 124 valence electrons. The van der Waals surface area contributed by atoms with E-state index in [-0.39, 0.29) is 12.1 Å². The summed E-state index contributed by atoms with van der Waals surface area (Å²) >= 11 is 0. The van der Waals surface area contributed by atoms with Crippen LogP contribution in [0.2, 0.25) is 0 Å². The summed E-state index contributed by atoms with van der Waals surface area (Å²) in [6.45, 7) is 2.91. The van der Waals surface area contributed by atoms with Crippen LogP contribution in [0.5, 0.6) is 0 Å². The van der Waals surface area contributed by atoms with Crippen molar-refractivity contribution in [3.8, 4) is 0 Å². The van der Waals surface area contributed by atoms with E-state index in [1.54, 1.807) is 0 Å². The minimum Gasteiger partial charge on any atom is -0.464 e. The second kappa shape index (κ2) is 7.27. The van der Waals surface area contributed by atoms with Crippen LogP contribution in [0.1, 0.15) is 18.1 Å². The van der Waals surface area contributed by atoms with E-state index in [0.29, 0.717) is 19.7 Å². The number of rotatable bonds is 4. The number of benzene rings is 2. The van der Waals surface area contributed by atoms with Crippen molar-refractivity contribution < 1.29 is 9.53 Å². The molecule has 0 bridgehead atoms. The summed E-state index contributed by atoms with van der Waals surface area (Å²) < 4.78 is 5.09. The van der Waals surface area contributed by atoms with Gasteiger partial charge in [0.05, 0.1) is 18.8 Å². The van der Waals surface area contributed by atoms with Gasteiger partial charge in [-0.1, -0.05) is 48.5 Å². The molecule has 1 heterocycles. The summed E-state index contributed by atoms with van der Waals surface area (Å²) in [4.78, 5) is 17.9. The van der Waals surface area contributed by atoms with Crippen LogP contribution in [-0.4, -0.2) is 37.5 Å². The van der Waals surface area contributed by atoms with E-state index >= 15 is 0 Å². The van der Waals surface area contributed by atoms with Gasteiger partial charge in [-0.2, -0.15) is 0 Å². The number of anilines is 1. The molecule has 2 aromatic rings. The van der Waals surface area contributed by atoms with E-state index in [2.05, 4.69) is 17.0 Å². The van der Waals surface area contributed by atoms with Gasteiger partial charge in [0.2, 0.25) is 0 Å². The van der Waals surface area contributed by atoms with Crippen molar-refractivity contribution in [3.05, 3.63) is 65.7 Å². The fourth-order valence-electron chi connectivity index (χ4n) is 2.89. The first-order valence-electron chi connectivity index (χ1n) is 8.01. The Morgan fingerprint density at radius 1 is 1.21 bits per heavy atom. The molecule has 5 nitrogen and oxygen atoms in total. The summed E-state index contributed by atoms with van der Waals surface area (Å²) in [5, 5.41) is 0. The van der Waals surface area contributed by atoms with Crippen molar-refractivity contribution in [1.82, 2.24) is 0 Å². The average Bonchev–Trinajstić information content (AvgIpc) is 2.73. The maximum absolute atomic E-state index is 11.0. The van der Waals surface area contributed by atoms with Crippen molar-refractivity contribution in [3.63, 3.8) is 0 Å². The number of ether oxygens (including phenoxy) is 1. The lowest BCUT2D eigenvalue weighted by Gasteiger charge is -2.25. The molecule has 0 saturated carbocycles. The number of carbonyl (C=O) groups excluding carboxylic acids is 1. The van der Waals surface area contributed by atoms with Crippen molar-refractivity contribution in [2.45, 2.75) is 13.1 Å². The molecule has 0 unspecified atom stereocenters. The highest BCUT2D eigenvalue weighted by atomic mass is 16.5. The third-order valence-electron chi connectivity index (χ3n) is 3.92. The van der Waals surface area contributed by atoms with Gasteiger partial charge in [0.1, 0.15) is 12.8 Å². The monoisotopic (exact) mass is 323 g/mol. The summed E-state index contributed by atoms with van der Waals surface area (Å²) in [6, 6.07) is 18.2. The van der Waals surface area contributed by atoms with Gasteiger partial charge in [0.25, 0.3) is 0 Å². The minimum atomic E-state index is -0.343. The molecule has 1 aliphatic rings. The number of benzodiazepines with no additional fused rings is 1. The molecule has 1 aliphatic heterocycles. The third kappa shape index (κ3) is 3.63. The Labute approximate surface area is 141 Å². The summed E-state index contributed by atoms with van der Waals surface area (Å²) in [7, 11) is 0. The normalized spacial score (nSPS) is 16.8. The number of esters is 1. The van der Waals surface area contributed by atoms with Crippen LogP contribution in [0.4, 0.5) is 5.69 Å². The maximum atomic E-state index is 11.0.